The SMILES string of the molecule is CCCN(CC1CC1)/C(=N\O)c1cccnc1Oc1ccccc1OC. The topological polar surface area (TPSA) is 67.2 Å². The minimum Gasteiger partial charge on any atom is -0.493 e. The molecule has 1 aromatic carbocycles. The van der Waals surface area contributed by atoms with Crippen LogP contribution < -0.4 is 9.47 Å². The van der Waals surface area contributed by atoms with Crippen LogP contribution in [-0.2, 0) is 0 Å². The summed E-state index contributed by atoms with van der Waals surface area (Å²) in [5, 5.41) is 13.3. The predicted molar refractivity (Wildman–Crippen MR) is 100 cm³/mol. The van der Waals surface area contributed by atoms with Gasteiger partial charge >= 0.3 is 0 Å². The Morgan fingerprint density at radius 3 is 2.65 bits per heavy atom. The first-order valence-electron chi connectivity index (χ1n) is 9.00. The van der Waals surface area contributed by atoms with Crippen molar-refractivity contribution >= 4 is 5.84 Å². The molecule has 0 amide bonds. The molecular formula is C20H25N3O3. The van der Waals surface area contributed by atoms with Crippen molar-refractivity contribution in [3.63, 3.8) is 0 Å². The average Bonchev–Trinajstić information content (AvgIpc) is 3.48. The Hall–Kier alpha value is -2.76. The van der Waals surface area contributed by atoms with E-state index in [2.05, 4.69) is 22.0 Å². The number of methoxy groups -OCH3 is 1. The molecule has 2 aromatic rings. The van der Waals surface area contributed by atoms with Gasteiger partial charge in [-0.05, 0) is 49.4 Å². The molecule has 1 heterocycles. The van der Waals surface area contributed by atoms with Crippen LogP contribution in [0.1, 0.15) is 31.7 Å². The number of amidine groups is 1. The van der Waals surface area contributed by atoms with E-state index in [4.69, 9.17) is 9.47 Å². The Bertz CT molecular complexity index is 759. The maximum atomic E-state index is 9.74. The number of para-hydroxylation sites is 2. The molecule has 0 bridgehead atoms. The Balaban J connectivity index is 1.91. The summed E-state index contributed by atoms with van der Waals surface area (Å²) >= 11 is 0. The number of aromatic nitrogens is 1. The third-order valence-electron chi connectivity index (χ3n) is 4.35. The number of hydrogen-bond donors (Lipinski definition) is 1. The van der Waals surface area contributed by atoms with E-state index >= 15 is 0 Å². The van der Waals surface area contributed by atoms with E-state index in [0.717, 1.165) is 19.5 Å². The van der Waals surface area contributed by atoms with Crippen molar-refractivity contribution in [2.75, 3.05) is 20.2 Å². The summed E-state index contributed by atoms with van der Waals surface area (Å²) in [5.74, 6) is 2.75. The lowest BCUT2D eigenvalue weighted by atomic mass is 10.2. The fraction of sp³-hybridized carbons (Fsp3) is 0.400. The molecule has 0 spiro atoms. The van der Waals surface area contributed by atoms with Gasteiger partial charge in [0.1, 0.15) is 0 Å². The molecule has 6 nitrogen and oxygen atoms in total. The lowest BCUT2D eigenvalue weighted by Crippen LogP contribution is -2.34. The molecule has 26 heavy (non-hydrogen) atoms. The summed E-state index contributed by atoms with van der Waals surface area (Å²) in [6, 6.07) is 11.1. The zero-order valence-electron chi connectivity index (χ0n) is 15.3. The van der Waals surface area contributed by atoms with E-state index in [0.29, 0.717) is 34.7 Å². The van der Waals surface area contributed by atoms with Crippen LogP contribution in [0.15, 0.2) is 47.8 Å². The van der Waals surface area contributed by atoms with Gasteiger partial charge in [-0.3, -0.25) is 0 Å². The van der Waals surface area contributed by atoms with Crippen LogP contribution >= 0.6 is 0 Å². The lowest BCUT2D eigenvalue weighted by Gasteiger charge is -2.25. The van der Waals surface area contributed by atoms with Crippen molar-refractivity contribution in [1.29, 1.82) is 0 Å². The Morgan fingerprint density at radius 2 is 2.00 bits per heavy atom. The molecule has 3 rings (SSSR count). The summed E-state index contributed by atoms with van der Waals surface area (Å²) in [5.41, 5.74) is 0.662. The van der Waals surface area contributed by atoms with E-state index < -0.39 is 0 Å². The molecule has 0 atom stereocenters. The number of benzene rings is 1. The number of pyridine rings is 1. The average molecular weight is 355 g/mol. The van der Waals surface area contributed by atoms with Crippen LogP contribution in [0, 0.1) is 5.92 Å². The minimum atomic E-state index is 0.390. The third-order valence-corrected chi connectivity index (χ3v) is 4.35. The summed E-state index contributed by atoms with van der Waals surface area (Å²) in [6.45, 7) is 3.82. The zero-order chi connectivity index (χ0) is 18.4. The summed E-state index contributed by atoms with van der Waals surface area (Å²) < 4.78 is 11.4. The molecule has 0 saturated heterocycles. The highest BCUT2D eigenvalue weighted by molar-refractivity contribution is 6.00. The monoisotopic (exact) mass is 355 g/mol. The molecular weight excluding hydrogens is 330 g/mol. The second-order valence-corrected chi connectivity index (χ2v) is 6.42. The van der Waals surface area contributed by atoms with Gasteiger partial charge in [0, 0.05) is 19.3 Å². The van der Waals surface area contributed by atoms with E-state index in [1.54, 1.807) is 13.3 Å². The molecule has 1 aliphatic carbocycles. The maximum absolute atomic E-state index is 9.74. The van der Waals surface area contributed by atoms with Crippen LogP contribution in [-0.4, -0.2) is 41.1 Å². The van der Waals surface area contributed by atoms with E-state index in [1.165, 1.54) is 12.8 Å². The van der Waals surface area contributed by atoms with Gasteiger partial charge in [-0.1, -0.05) is 24.2 Å². The Kier molecular flexibility index (Phi) is 5.94. The number of nitrogens with zero attached hydrogens (tertiary/aromatic N) is 3. The maximum Gasteiger partial charge on any atom is 0.230 e. The van der Waals surface area contributed by atoms with E-state index in [1.807, 2.05) is 36.4 Å². The summed E-state index contributed by atoms with van der Waals surface area (Å²) in [7, 11) is 1.60. The molecule has 1 N–H and O–H groups in total. The summed E-state index contributed by atoms with van der Waals surface area (Å²) in [4.78, 5) is 6.47. The molecule has 1 aromatic heterocycles. The molecule has 1 aliphatic rings. The van der Waals surface area contributed by atoms with Crippen LogP contribution in [0.5, 0.6) is 17.4 Å². The Morgan fingerprint density at radius 1 is 1.23 bits per heavy atom. The van der Waals surface area contributed by atoms with Gasteiger partial charge in [-0.25, -0.2) is 4.98 Å². The molecule has 1 saturated carbocycles. The van der Waals surface area contributed by atoms with Gasteiger partial charge in [0.15, 0.2) is 17.3 Å². The van der Waals surface area contributed by atoms with Gasteiger partial charge in [0.05, 0.1) is 12.7 Å². The van der Waals surface area contributed by atoms with Gasteiger partial charge in [0.25, 0.3) is 0 Å². The second-order valence-electron chi connectivity index (χ2n) is 6.42. The van der Waals surface area contributed by atoms with Crippen molar-refractivity contribution in [1.82, 2.24) is 9.88 Å². The van der Waals surface area contributed by atoms with Crippen molar-refractivity contribution in [2.24, 2.45) is 11.1 Å². The first-order chi connectivity index (χ1) is 12.8. The molecule has 0 aliphatic heterocycles. The molecule has 6 heteroatoms. The second kappa shape index (κ2) is 8.56. The standard InChI is InChI=1S/C20H25N3O3/c1-3-13-23(14-15-10-11-15)19(22-24)16-7-6-12-21-20(16)26-18-9-5-4-8-17(18)25-2/h4-9,12,15,24H,3,10-11,13-14H2,1-2H3/b22-19-. The summed E-state index contributed by atoms with van der Waals surface area (Å²) in [6.07, 6.45) is 5.09. The zero-order valence-corrected chi connectivity index (χ0v) is 15.3. The van der Waals surface area contributed by atoms with Crippen LogP contribution in [0.3, 0.4) is 0 Å². The fourth-order valence-corrected chi connectivity index (χ4v) is 2.90. The van der Waals surface area contributed by atoms with Crippen molar-refractivity contribution in [3.05, 3.63) is 48.2 Å². The van der Waals surface area contributed by atoms with Crippen molar-refractivity contribution in [2.45, 2.75) is 26.2 Å². The molecule has 1 fully saturated rings. The third kappa shape index (κ3) is 4.25. The fourth-order valence-electron chi connectivity index (χ4n) is 2.90. The largest absolute Gasteiger partial charge is 0.493 e. The number of ether oxygens (including phenoxy) is 2. The predicted octanol–water partition coefficient (Wildman–Crippen LogP) is 4.14. The minimum absolute atomic E-state index is 0.390. The van der Waals surface area contributed by atoms with Gasteiger partial charge in [-0.15, -0.1) is 0 Å². The number of oxime groups is 1. The first kappa shape index (κ1) is 18.0. The van der Waals surface area contributed by atoms with Crippen molar-refractivity contribution in [3.8, 4) is 17.4 Å². The number of hydrogen-bond acceptors (Lipinski definition) is 5. The van der Waals surface area contributed by atoms with Crippen LogP contribution in [0.25, 0.3) is 0 Å². The van der Waals surface area contributed by atoms with E-state index in [-0.39, 0.29) is 0 Å². The lowest BCUT2D eigenvalue weighted by molar-refractivity contribution is 0.296. The highest BCUT2D eigenvalue weighted by Gasteiger charge is 2.28. The van der Waals surface area contributed by atoms with Crippen molar-refractivity contribution < 1.29 is 14.7 Å². The quantitative estimate of drug-likeness (QED) is 0.334. The van der Waals surface area contributed by atoms with Gasteiger partial charge < -0.3 is 19.6 Å². The molecule has 138 valence electrons. The van der Waals surface area contributed by atoms with E-state index in [9.17, 15) is 5.21 Å². The highest BCUT2D eigenvalue weighted by Crippen LogP contribution is 2.33. The van der Waals surface area contributed by atoms with Gasteiger partial charge in [-0.2, -0.15) is 0 Å². The Labute approximate surface area is 154 Å². The van der Waals surface area contributed by atoms with Gasteiger partial charge in [0.2, 0.25) is 5.88 Å². The normalized spacial score (nSPS) is 14.2. The van der Waals surface area contributed by atoms with Crippen LogP contribution in [0.4, 0.5) is 0 Å². The number of rotatable bonds is 8. The highest BCUT2D eigenvalue weighted by atomic mass is 16.5. The smallest absolute Gasteiger partial charge is 0.230 e. The first-order valence-corrected chi connectivity index (χ1v) is 9.00. The molecule has 0 unspecified atom stereocenters. The van der Waals surface area contributed by atoms with Crippen LogP contribution in [0.2, 0.25) is 0 Å². The molecule has 0 radical (unpaired) electrons.